The van der Waals surface area contributed by atoms with Crippen LogP contribution in [0.2, 0.25) is 5.02 Å². The number of phenols is 1. The summed E-state index contributed by atoms with van der Waals surface area (Å²) in [6, 6.07) is 16.0. The van der Waals surface area contributed by atoms with Gasteiger partial charge in [-0.2, -0.15) is 0 Å². The molecule has 0 aliphatic heterocycles. The van der Waals surface area contributed by atoms with Gasteiger partial charge in [0.2, 0.25) is 0 Å². The van der Waals surface area contributed by atoms with E-state index < -0.39 is 0 Å². The molecule has 0 saturated carbocycles. The van der Waals surface area contributed by atoms with Gasteiger partial charge in [0.1, 0.15) is 11.5 Å². The monoisotopic (exact) mass is 270 g/mol. The van der Waals surface area contributed by atoms with E-state index in [4.69, 9.17) is 33.0 Å². The number of alkyl halides is 1. The third-order valence-corrected chi connectivity index (χ3v) is 2.15. The summed E-state index contributed by atoms with van der Waals surface area (Å²) in [5, 5.41) is 9.34. The Hall–Kier alpha value is -1.38. The molecule has 2 aromatic carbocycles. The molecule has 0 spiro atoms. The van der Waals surface area contributed by atoms with Crippen LogP contribution in [-0.2, 0) is 0 Å². The molecule has 0 amide bonds. The Morgan fingerprint density at radius 2 is 1.53 bits per heavy atom. The molecule has 2 rings (SSSR count). The number of halogens is 2. The van der Waals surface area contributed by atoms with Gasteiger partial charge in [-0.05, 0) is 36.4 Å². The summed E-state index contributed by atoms with van der Waals surface area (Å²) in [7, 11) is 0. The highest BCUT2D eigenvalue weighted by Gasteiger charge is 1.85. The fourth-order valence-electron chi connectivity index (χ4n) is 1.02. The van der Waals surface area contributed by atoms with Gasteiger partial charge in [-0.15, -0.1) is 0 Å². The van der Waals surface area contributed by atoms with Crippen LogP contribution in [-0.4, -0.2) is 11.2 Å². The third kappa shape index (κ3) is 6.05. The van der Waals surface area contributed by atoms with Gasteiger partial charge in [0, 0.05) is 5.02 Å². The van der Waals surface area contributed by atoms with Crippen LogP contribution in [0, 0.1) is 0 Å². The molecule has 0 bridgehead atoms. The summed E-state index contributed by atoms with van der Waals surface area (Å²) in [4.78, 5) is 0. The highest BCUT2D eigenvalue weighted by Crippen LogP contribution is 2.12. The summed E-state index contributed by atoms with van der Waals surface area (Å²) in [5.41, 5.74) is 0. The third-order valence-electron chi connectivity index (χ3n) is 1.79. The summed E-state index contributed by atoms with van der Waals surface area (Å²) in [6.45, 7) is 0. The molecule has 0 atom stereocenters. The topological polar surface area (TPSA) is 29.5 Å². The van der Waals surface area contributed by atoms with Crippen LogP contribution >= 0.6 is 23.2 Å². The van der Waals surface area contributed by atoms with E-state index in [1.165, 1.54) is 0 Å². The van der Waals surface area contributed by atoms with Gasteiger partial charge in [0.25, 0.3) is 0 Å². The van der Waals surface area contributed by atoms with Gasteiger partial charge < -0.3 is 9.84 Å². The molecular formula is C13H12Cl2O2. The van der Waals surface area contributed by atoms with Crippen molar-refractivity contribution >= 4 is 23.2 Å². The predicted octanol–water partition coefficient (Wildman–Crippen LogP) is 4.31. The summed E-state index contributed by atoms with van der Waals surface area (Å²) in [6.07, 6.45) is 0. The molecule has 0 radical (unpaired) electrons. The second-order valence-electron chi connectivity index (χ2n) is 3.04. The molecule has 2 aromatic rings. The van der Waals surface area contributed by atoms with Crippen LogP contribution in [0.5, 0.6) is 11.5 Å². The zero-order chi connectivity index (χ0) is 12.5. The van der Waals surface area contributed by atoms with Gasteiger partial charge in [-0.25, -0.2) is 0 Å². The number of rotatable bonds is 2. The van der Waals surface area contributed by atoms with E-state index in [1.807, 2.05) is 30.3 Å². The van der Waals surface area contributed by atoms with E-state index in [-0.39, 0.29) is 11.8 Å². The summed E-state index contributed by atoms with van der Waals surface area (Å²) in [5.74, 6) is 1.06. The molecule has 0 saturated heterocycles. The van der Waals surface area contributed by atoms with E-state index in [1.54, 1.807) is 24.3 Å². The lowest BCUT2D eigenvalue weighted by molar-refractivity contribution is 0.388. The lowest BCUT2D eigenvalue weighted by Crippen LogP contribution is -1.86. The predicted molar refractivity (Wildman–Crippen MR) is 70.9 cm³/mol. The molecule has 0 aliphatic rings. The van der Waals surface area contributed by atoms with E-state index in [0.29, 0.717) is 5.02 Å². The molecule has 17 heavy (non-hydrogen) atoms. The van der Waals surface area contributed by atoms with E-state index in [9.17, 15) is 0 Å². The first-order valence-corrected chi connectivity index (χ1v) is 5.82. The van der Waals surface area contributed by atoms with Crippen molar-refractivity contribution in [3.8, 4) is 11.5 Å². The van der Waals surface area contributed by atoms with Crippen molar-refractivity contribution in [2.45, 2.75) is 0 Å². The number of hydrogen-bond donors (Lipinski definition) is 1. The fourth-order valence-corrected chi connectivity index (χ4v) is 1.27. The number of hydrogen-bond acceptors (Lipinski definition) is 2. The smallest absolute Gasteiger partial charge is 0.162 e. The first-order chi connectivity index (χ1) is 8.22. The van der Waals surface area contributed by atoms with Crippen LogP contribution in [0.3, 0.4) is 0 Å². The maximum absolute atomic E-state index is 8.70. The zero-order valence-corrected chi connectivity index (χ0v) is 10.5. The van der Waals surface area contributed by atoms with Crippen LogP contribution in [0.4, 0.5) is 0 Å². The quantitative estimate of drug-likeness (QED) is 0.825. The molecule has 0 aliphatic carbocycles. The Bertz CT molecular complexity index is 394. The standard InChI is InChI=1S/C7H7ClO.C6H5ClO/c8-6-9-7-4-2-1-3-5-7;7-5-1-3-6(8)4-2-5/h1-5H,6H2;1-4,8H. The highest BCUT2D eigenvalue weighted by atomic mass is 35.5. The minimum absolute atomic E-state index is 0.212. The van der Waals surface area contributed by atoms with Crippen molar-refractivity contribution in [1.82, 2.24) is 0 Å². The largest absolute Gasteiger partial charge is 0.508 e. The van der Waals surface area contributed by atoms with Crippen LogP contribution in [0.15, 0.2) is 54.6 Å². The van der Waals surface area contributed by atoms with Crippen molar-refractivity contribution in [1.29, 1.82) is 0 Å². The number of para-hydroxylation sites is 1. The Labute approximate surface area is 110 Å². The van der Waals surface area contributed by atoms with Gasteiger partial charge in [-0.3, -0.25) is 0 Å². The number of phenolic OH excluding ortho intramolecular Hbond substituents is 1. The second-order valence-corrected chi connectivity index (χ2v) is 3.70. The first-order valence-electron chi connectivity index (χ1n) is 4.90. The van der Waals surface area contributed by atoms with Crippen LogP contribution < -0.4 is 4.74 Å². The van der Waals surface area contributed by atoms with Gasteiger partial charge in [0.15, 0.2) is 6.07 Å². The van der Waals surface area contributed by atoms with Crippen molar-refractivity contribution in [3.05, 3.63) is 59.6 Å². The number of benzene rings is 2. The Morgan fingerprint density at radius 3 is 2.00 bits per heavy atom. The van der Waals surface area contributed by atoms with Gasteiger partial charge in [-0.1, -0.05) is 41.4 Å². The molecule has 4 heteroatoms. The Morgan fingerprint density at radius 1 is 0.941 bits per heavy atom. The first kappa shape index (κ1) is 13.7. The maximum atomic E-state index is 8.70. The van der Waals surface area contributed by atoms with Gasteiger partial charge >= 0.3 is 0 Å². The van der Waals surface area contributed by atoms with E-state index >= 15 is 0 Å². The molecule has 1 N–H and O–H groups in total. The number of ether oxygens (including phenoxy) is 1. The van der Waals surface area contributed by atoms with E-state index in [0.717, 1.165) is 5.75 Å². The molecule has 0 unspecified atom stereocenters. The number of aromatic hydroxyl groups is 1. The molecular weight excluding hydrogens is 259 g/mol. The molecule has 90 valence electrons. The van der Waals surface area contributed by atoms with Crippen molar-refractivity contribution < 1.29 is 9.84 Å². The summed E-state index contributed by atoms with van der Waals surface area (Å²) < 4.78 is 4.97. The molecule has 0 heterocycles. The SMILES string of the molecule is ClCOc1ccccc1.Oc1ccc(Cl)cc1. The molecule has 0 aromatic heterocycles. The second kappa shape index (κ2) is 7.82. The fraction of sp³-hybridized carbons (Fsp3) is 0.0769. The van der Waals surface area contributed by atoms with Crippen LogP contribution in [0.1, 0.15) is 0 Å². The van der Waals surface area contributed by atoms with E-state index in [2.05, 4.69) is 0 Å². The van der Waals surface area contributed by atoms with Crippen molar-refractivity contribution in [2.24, 2.45) is 0 Å². The Kier molecular flexibility index (Phi) is 6.30. The minimum atomic E-state index is 0.212. The lowest BCUT2D eigenvalue weighted by atomic mass is 10.3. The van der Waals surface area contributed by atoms with Crippen LogP contribution in [0.25, 0.3) is 0 Å². The molecule has 0 fully saturated rings. The van der Waals surface area contributed by atoms with Crippen molar-refractivity contribution in [3.63, 3.8) is 0 Å². The lowest BCUT2D eigenvalue weighted by Gasteiger charge is -1.97. The Balaban J connectivity index is 0.000000171. The summed E-state index contributed by atoms with van der Waals surface area (Å²) >= 11 is 10.8. The maximum Gasteiger partial charge on any atom is 0.162 e. The normalized spacial score (nSPS) is 9.06. The minimum Gasteiger partial charge on any atom is -0.508 e. The van der Waals surface area contributed by atoms with Gasteiger partial charge in [0.05, 0.1) is 0 Å². The highest BCUT2D eigenvalue weighted by molar-refractivity contribution is 6.30. The average Bonchev–Trinajstić information content (AvgIpc) is 2.36. The van der Waals surface area contributed by atoms with Crippen molar-refractivity contribution in [2.75, 3.05) is 6.07 Å². The molecule has 2 nitrogen and oxygen atoms in total. The zero-order valence-electron chi connectivity index (χ0n) is 9.01. The average molecular weight is 271 g/mol.